The highest BCUT2D eigenvalue weighted by Gasteiger charge is 2.17. The number of aryl methyl sites for hydroxylation is 3. The molecule has 0 spiro atoms. The van der Waals surface area contributed by atoms with Crippen LogP contribution in [0.15, 0.2) is 77.0 Å². The molecule has 3 heterocycles. The van der Waals surface area contributed by atoms with Crippen molar-refractivity contribution >= 4 is 34.4 Å². The molecule has 0 fully saturated rings. The van der Waals surface area contributed by atoms with Gasteiger partial charge in [0.2, 0.25) is 5.95 Å². The van der Waals surface area contributed by atoms with Gasteiger partial charge in [-0.2, -0.15) is 5.26 Å². The lowest BCUT2D eigenvalue weighted by atomic mass is 10.0. The number of nitriles is 1. The van der Waals surface area contributed by atoms with Crippen molar-refractivity contribution in [2.45, 2.75) is 23.8 Å². The molecule has 7 nitrogen and oxygen atoms in total. The molecule has 0 saturated carbocycles. The fourth-order valence-corrected chi connectivity index (χ4v) is 5.29. The van der Waals surface area contributed by atoms with E-state index in [1.165, 1.54) is 0 Å². The smallest absolute Gasteiger partial charge is 0.228 e. The predicted molar refractivity (Wildman–Crippen MR) is 143 cm³/mol. The maximum Gasteiger partial charge on any atom is 0.228 e. The third kappa shape index (κ3) is 4.49. The number of hydrogen-bond donors (Lipinski definition) is 1. The van der Waals surface area contributed by atoms with Crippen LogP contribution in [0, 0.1) is 25.2 Å². The second kappa shape index (κ2) is 9.72. The molecule has 0 bridgehead atoms. The lowest BCUT2D eigenvalue weighted by molar-refractivity contribution is 0.414. The van der Waals surface area contributed by atoms with Gasteiger partial charge in [-0.25, -0.2) is 9.97 Å². The molecule has 0 saturated heterocycles. The number of fused-ring (bicyclic) bond motifs is 1. The summed E-state index contributed by atoms with van der Waals surface area (Å²) in [4.78, 5) is 14.9. The van der Waals surface area contributed by atoms with Crippen LogP contribution in [0.5, 0.6) is 5.75 Å². The lowest BCUT2D eigenvalue weighted by Gasteiger charge is -2.15. The standard InChI is InChI=1S/C28H24N6OS/c1-17-13-20(22-9-11-30-16-24(22)35-4)14-18(2)26(17)36-27-25-23(10-12-34(25)3)32-28(33-27)31-21-7-5-19(15-29)6-8-21/h5-14,16H,1-4H3,(H,31,32,33). The predicted octanol–water partition coefficient (Wildman–Crippen LogP) is 6.42. The first-order valence-corrected chi connectivity index (χ1v) is 12.2. The van der Waals surface area contributed by atoms with Gasteiger partial charge in [0.1, 0.15) is 10.8 Å². The second-order valence-corrected chi connectivity index (χ2v) is 9.44. The first-order chi connectivity index (χ1) is 17.5. The summed E-state index contributed by atoms with van der Waals surface area (Å²) in [6.45, 7) is 4.23. The molecule has 0 atom stereocenters. The van der Waals surface area contributed by atoms with Crippen molar-refractivity contribution in [2.75, 3.05) is 12.4 Å². The molecule has 1 N–H and O–H groups in total. The highest BCUT2D eigenvalue weighted by atomic mass is 32.2. The van der Waals surface area contributed by atoms with E-state index in [1.807, 2.05) is 42.1 Å². The fourth-order valence-electron chi connectivity index (χ4n) is 4.18. The van der Waals surface area contributed by atoms with Crippen molar-refractivity contribution in [1.29, 1.82) is 5.26 Å². The molecule has 3 aromatic heterocycles. The molecule has 178 valence electrons. The van der Waals surface area contributed by atoms with Crippen molar-refractivity contribution in [1.82, 2.24) is 19.5 Å². The molecule has 0 unspecified atom stereocenters. The van der Waals surface area contributed by atoms with Crippen molar-refractivity contribution in [2.24, 2.45) is 7.05 Å². The van der Waals surface area contributed by atoms with E-state index in [0.717, 1.165) is 54.6 Å². The molecule has 0 aliphatic rings. The third-order valence-electron chi connectivity index (χ3n) is 5.93. The zero-order valence-corrected chi connectivity index (χ0v) is 21.2. The summed E-state index contributed by atoms with van der Waals surface area (Å²) in [5.74, 6) is 1.26. The largest absolute Gasteiger partial charge is 0.494 e. The zero-order chi connectivity index (χ0) is 25.2. The van der Waals surface area contributed by atoms with Gasteiger partial charge in [0.05, 0.1) is 36.0 Å². The van der Waals surface area contributed by atoms with Crippen molar-refractivity contribution in [3.63, 3.8) is 0 Å². The minimum atomic E-state index is 0.509. The molecule has 0 aliphatic heterocycles. The Bertz CT molecular complexity index is 1600. The second-order valence-electron chi connectivity index (χ2n) is 8.44. The first-order valence-electron chi connectivity index (χ1n) is 11.3. The molecule has 5 aromatic rings. The Morgan fingerprint density at radius 1 is 1.03 bits per heavy atom. The number of nitrogens with one attached hydrogen (secondary N) is 1. The maximum atomic E-state index is 9.06. The van der Waals surface area contributed by atoms with Crippen molar-refractivity contribution in [3.8, 4) is 22.9 Å². The summed E-state index contributed by atoms with van der Waals surface area (Å²) in [5.41, 5.74) is 7.66. The molecule has 0 radical (unpaired) electrons. The van der Waals surface area contributed by atoms with Gasteiger partial charge in [-0.3, -0.25) is 4.98 Å². The molecule has 36 heavy (non-hydrogen) atoms. The highest BCUT2D eigenvalue weighted by Crippen LogP contribution is 2.39. The minimum Gasteiger partial charge on any atom is -0.494 e. The quantitative estimate of drug-likeness (QED) is 0.274. The van der Waals surface area contributed by atoms with Crippen LogP contribution < -0.4 is 10.1 Å². The first kappa shape index (κ1) is 23.4. The van der Waals surface area contributed by atoms with Crippen LogP contribution in [0.2, 0.25) is 0 Å². The van der Waals surface area contributed by atoms with E-state index in [-0.39, 0.29) is 0 Å². The van der Waals surface area contributed by atoms with E-state index in [2.05, 4.69) is 42.4 Å². The van der Waals surface area contributed by atoms with Crippen LogP contribution in [-0.4, -0.2) is 26.6 Å². The molecule has 8 heteroatoms. The van der Waals surface area contributed by atoms with Crippen LogP contribution in [0.3, 0.4) is 0 Å². The van der Waals surface area contributed by atoms with Gasteiger partial charge in [0.15, 0.2) is 0 Å². The molecule has 0 amide bonds. The zero-order valence-electron chi connectivity index (χ0n) is 20.4. The number of rotatable bonds is 6. The molecular weight excluding hydrogens is 468 g/mol. The van der Waals surface area contributed by atoms with E-state index in [9.17, 15) is 0 Å². The summed E-state index contributed by atoms with van der Waals surface area (Å²) in [5, 5.41) is 13.2. The van der Waals surface area contributed by atoms with E-state index in [1.54, 1.807) is 43.4 Å². The highest BCUT2D eigenvalue weighted by molar-refractivity contribution is 7.99. The van der Waals surface area contributed by atoms with Crippen molar-refractivity contribution in [3.05, 3.63) is 83.8 Å². The topological polar surface area (TPSA) is 88.7 Å². The monoisotopic (exact) mass is 492 g/mol. The van der Waals surface area contributed by atoms with Gasteiger partial charge in [0.25, 0.3) is 0 Å². The Morgan fingerprint density at radius 3 is 2.47 bits per heavy atom. The number of ether oxygens (including phenoxy) is 1. The van der Waals surface area contributed by atoms with E-state index < -0.39 is 0 Å². The average Bonchev–Trinajstić information content (AvgIpc) is 3.27. The van der Waals surface area contributed by atoms with Gasteiger partial charge < -0.3 is 14.6 Å². The van der Waals surface area contributed by atoms with Gasteiger partial charge in [-0.1, -0.05) is 23.9 Å². The summed E-state index contributed by atoms with van der Waals surface area (Å²) in [7, 11) is 3.66. The Labute approximate surface area is 213 Å². The number of hydrogen-bond acceptors (Lipinski definition) is 7. The van der Waals surface area contributed by atoms with Gasteiger partial charge in [-0.05, 0) is 66.9 Å². The number of pyridine rings is 1. The average molecular weight is 493 g/mol. The molecule has 0 aliphatic carbocycles. The Hall–Kier alpha value is -4.35. The normalized spacial score (nSPS) is 10.9. The van der Waals surface area contributed by atoms with E-state index in [0.29, 0.717) is 11.5 Å². The Balaban J connectivity index is 1.53. The van der Waals surface area contributed by atoms with Crippen LogP contribution in [-0.2, 0) is 7.05 Å². The summed E-state index contributed by atoms with van der Waals surface area (Å²) < 4.78 is 7.57. The maximum absolute atomic E-state index is 9.06. The van der Waals surface area contributed by atoms with Gasteiger partial charge >= 0.3 is 0 Å². The van der Waals surface area contributed by atoms with E-state index >= 15 is 0 Å². The Kier molecular flexibility index (Phi) is 6.32. The van der Waals surface area contributed by atoms with Gasteiger partial charge in [0, 0.05) is 35.6 Å². The number of methoxy groups -OCH3 is 1. The summed E-state index contributed by atoms with van der Waals surface area (Å²) in [6, 6.07) is 17.7. The number of benzene rings is 2. The summed E-state index contributed by atoms with van der Waals surface area (Å²) in [6.07, 6.45) is 5.51. The van der Waals surface area contributed by atoms with Crippen LogP contribution in [0.25, 0.3) is 22.2 Å². The van der Waals surface area contributed by atoms with Crippen LogP contribution in [0.4, 0.5) is 11.6 Å². The SMILES string of the molecule is COc1cnccc1-c1cc(C)c(Sc2nc(Nc3ccc(C#N)cc3)nc3ccn(C)c23)c(C)c1. The van der Waals surface area contributed by atoms with Crippen LogP contribution >= 0.6 is 11.8 Å². The molecule has 5 rings (SSSR count). The minimum absolute atomic E-state index is 0.509. The Morgan fingerprint density at radius 2 is 1.78 bits per heavy atom. The van der Waals surface area contributed by atoms with E-state index in [4.69, 9.17) is 20.0 Å². The third-order valence-corrected chi connectivity index (χ3v) is 7.26. The number of aromatic nitrogens is 4. The van der Waals surface area contributed by atoms with Gasteiger partial charge in [-0.15, -0.1) is 0 Å². The number of nitrogens with zero attached hydrogens (tertiary/aromatic N) is 5. The van der Waals surface area contributed by atoms with Crippen molar-refractivity contribution < 1.29 is 4.74 Å². The lowest BCUT2D eigenvalue weighted by Crippen LogP contribution is -2.01. The summed E-state index contributed by atoms with van der Waals surface area (Å²) >= 11 is 1.64. The number of anilines is 2. The van der Waals surface area contributed by atoms with Crippen LogP contribution in [0.1, 0.15) is 16.7 Å². The fraction of sp³-hybridized carbons (Fsp3) is 0.143. The molecule has 2 aromatic carbocycles. The molecular formula is C28H24N6OS.